The molecule has 0 amide bonds. The number of thiazole rings is 1. The van der Waals surface area contributed by atoms with Gasteiger partial charge in [-0.2, -0.15) is 5.10 Å². The number of hydrogen-bond acceptors (Lipinski definition) is 6. The Hall–Kier alpha value is -3.26. The molecule has 2 N–H and O–H groups in total. The molecule has 0 saturated heterocycles. The zero-order valence-electron chi connectivity index (χ0n) is 16.9. The first kappa shape index (κ1) is 19.1. The molecule has 0 bridgehead atoms. The zero-order valence-corrected chi connectivity index (χ0v) is 17.7. The Balaban J connectivity index is 0.000000994. The number of pyridine rings is 1. The molecule has 29 heavy (non-hydrogen) atoms. The molecule has 8 heteroatoms. The highest BCUT2D eigenvalue weighted by Gasteiger charge is 2.23. The Bertz CT molecular complexity index is 1270. The van der Waals surface area contributed by atoms with Crippen molar-refractivity contribution in [3.05, 3.63) is 59.8 Å². The van der Waals surface area contributed by atoms with Gasteiger partial charge in [-0.15, -0.1) is 11.3 Å². The molecule has 7 nitrogen and oxygen atoms in total. The maximum atomic E-state index is 6.06. The number of rotatable bonds is 3. The third kappa shape index (κ3) is 3.05. The molecule has 0 radical (unpaired) electrons. The smallest absolute Gasteiger partial charge is 0.164 e. The summed E-state index contributed by atoms with van der Waals surface area (Å²) in [5.41, 5.74) is 12.9. The van der Waals surface area contributed by atoms with Gasteiger partial charge in [-0.05, 0) is 32.0 Å². The van der Waals surface area contributed by atoms with Gasteiger partial charge in [0.25, 0.3) is 0 Å². The van der Waals surface area contributed by atoms with E-state index in [1.54, 1.807) is 11.3 Å². The fourth-order valence-electron chi connectivity index (χ4n) is 3.63. The molecule has 0 aliphatic rings. The van der Waals surface area contributed by atoms with E-state index in [4.69, 9.17) is 10.8 Å². The van der Waals surface area contributed by atoms with Gasteiger partial charge in [0.1, 0.15) is 12.1 Å². The van der Waals surface area contributed by atoms with Crippen LogP contribution in [0.25, 0.3) is 27.1 Å². The number of nitrogen functional groups attached to an aromatic ring is 1. The second-order valence-electron chi connectivity index (χ2n) is 6.47. The normalized spacial score (nSPS) is 12.1. The molecule has 0 aliphatic heterocycles. The van der Waals surface area contributed by atoms with Crippen molar-refractivity contribution in [2.75, 3.05) is 5.73 Å². The highest BCUT2D eigenvalue weighted by Crippen LogP contribution is 2.36. The van der Waals surface area contributed by atoms with E-state index in [9.17, 15) is 0 Å². The second-order valence-corrected chi connectivity index (χ2v) is 7.36. The molecule has 5 aromatic heterocycles. The van der Waals surface area contributed by atoms with E-state index in [1.165, 1.54) is 6.33 Å². The fraction of sp³-hybridized carbons (Fsp3) is 0.238. The minimum absolute atomic E-state index is 0.0347. The summed E-state index contributed by atoms with van der Waals surface area (Å²) in [4.78, 5) is 13.9. The molecule has 148 valence electrons. The summed E-state index contributed by atoms with van der Waals surface area (Å²) in [6.45, 7) is 8.06. The van der Waals surface area contributed by atoms with Gasteiger partial charge >= 0.3 is 0 Å². The average molecular weight is 406 g/mol. The predicted molar refractivity (Wildman–Crippen MR) is 118 cm³/mol. The second kappa shape index (κ2) is 7.63. The highest BCUT2D eigenvalue weighted by atomic mass is 32.1. The van der Waals surface area contributed by atoms with Crippen LogP contribution < -0.4 is 5.73 Å². The predicted octanol–water partition coefficient (Wildman–Crippen LogP) is 4.73. The Morgan fingerprint density at radius 1 is 1.17 bits per heavy atom. The Kier molecular flexibility index (Phi) is 5.02. The third-order valence-electron chi connectivity index (χ3n) is 4.88. The summed E-state index contributed by atoms with van der Waals surface area (Å²) >= 11 is 1.63. The van der Waals surface area contributed by atoms with Crippen LogP contribution in [0.3, 0.4) is 0 Å². The van der Waals surface area contributed by atoms with Gasteiger partial charge in [-0.3, -0.25) is 4.98 Å². The van der Waals surface area contributed by atoms with Crippen LogP contribution in [-0.4, -0.2) is 29.1 Å². The van der Waals surface area contributed by atoms with Gasteiger partial charge in [0, 0.05) is 23.5 Å². The summed E-state index contributed by atoms with van der Waals surface area (Å²) in [7, 11) is 0. The summed E-state index contributed by atoms with van der Waals surface area (Å²) < 4.78 is 4.13. The lowest BCUT2D eigenvalue weighted by Crippen LogP contribution is -2.10. The third-order valence-corrected chi connectivity index (χ3v) is 5.66. The van der Waals surface area contributed by atoms with Crippen molar-refractivity contribution < 1.29 is 0 Å². The molecule has 5 heterocycles. The average Bonchev–Trinajstić information content (AvgIpc) is 3.46. The number of anilines is 1. The molecule has 0 spiro atoms. The van der Waals surface area contributed by atoms with E-state index < -0.39 is 0 Å². The maximum Gasteiger partial charge on any atom is 0.164 e. The highest BCUT2D eigenvalue weighted by molar-refractivity contribution is 7.13. The Morgan fingerprint density at radius 2 is 2.00 bits per heavy atom. The molecule has 0 aliphatic carbocycles. The zero-order chi connectivity index (χ0) is 20.5. The summed E-state index contributed by atoms with van der Waals surface area (Å²) in [6.07, 6.45) is 5.47. The van der Waals surface area contributed by atoms with E-state index in [1.807, 2.05) is 49.3 Å². The van der Waals surface area contributed by atoms with E-state index in [2.05, 4.69) is 44.6 Å². The molecular weight excluding hydrogens is 382 g/mol. The molecule has 0 fully saturated rings. The van der Waals surface area contributed by atoms with Crippen molar-refractivity contribution >= 4 is 33.7 Å². The molecule has 5 rings (SSSR count). The standard InChI is InChI=1S/C19H17N7S.C2H6/c1-11-16-18(20)22-9-23-19(16)26(24-11)12(2)14-7-13-5-3-4-6-25(13)17(14)15-8-21-10-27-15;1-2/h3-10,12H,1-2H3,(H2,20,22,23);1-2H3. The van der Waals surface area contributed by atoms with Crippen LogP contribution in [0.1, 0.15) is 38.1 Å². The van der Waals surface area contributed by atoms with Crippen LogP contribution in [0.15, 0.2) is 48.5 Å². The maximum absolute atomic E-state index is 6.06. The Morgan fingerprint density at radius 3 is 2.76 bits per heavy atom. The monoisotopic (exact) mass is 405 g/mol. The van der Waals surface area contributed by atoms with E-state index >= 15 is 0 Å². The van der Waals surface area contributed by atoms with Crippen LogP contribution in [0.5, 0.6) is 0 Å². The van der Waals surface area contributed by atoms with Crippen molar-refractivity contribution in [1.82, 2.24) is 29.1 Å². The first-order valence-corrected chi connectivity index (χ1v) is 10.5. The van der Waals surface area contributed by atoms with Crippen molar-refractivity contribution in [3.63, 3.8) is 0 Å². The lowest BCUT2D eigenvalue weighted by Gasteiger charge is -2.14. The minimum atomic E-state index is -0.0347. The summed E-state index contributed by atoms with van der Waals surface area (Å²) in [6, 6.07) is 8.35. The number of fused-ring (bicyclic) bond motifs is 2. The van der Waals surface area contributed by atoms with Crippen LogP contribution >= 0.6 is 11.3 Å². The number of nitrogens with zero attached hydrogens (tertiary/aromatic N) is 6. The van der Waals surface area contributed by atoms with Crippen molar-refractivity contribution in [3.8, 4) is 10.6 Å². The van der Waals surface area contributed by atoms with Crippen LogP contribution in [-0.2, 0) is 0 Å². The van der Waals surface area contributed by atoms with Gasteiger partial charge in [0.15, 0.2) is 5.65 Å². The minimum Gasteiger partial charge on any atom is -0.383 e. The van der Waals surface area contributed by atoms with E-state index in [-0.39, 0.29) is 6.04 Å². The molecule has 1 atom stereocenters. The number of aryl methyl sites for hydroxylation is 1. The summed E-state index contributed by atoms with van der Waals surface area (Å²) in [5, 5.41) is 5.54. The first-order valence-electron chi connectivity index (χ1n) is 9.59. The van der Waals surface area contributed by atoms with Crippen LogP contribution in [0, 0.1) is 6.92 Å². The SMILES string of the molecule is CC.Cc1nn(C(C)c2cc3ccccn3c2-c2cncs2)c2ncnc(N)c12. The number of aromatic nitrogens is 6. The van der Waals surface area contributed by atoms with Gasteiger partial charge in [-0.25, -0.2) is 14.6 Å². The van der Waals surface area contributed by atoms with E-state index in [0.717, 1.165) is 38.4 Å². The number of hydrogen-bond donors (Lipinski definition) is 1. The van der Waals surface area contributed by atoms with Gasteiger partial charge in [0.2, 0.25) is 0 Å². The van der Waals surface area contributed by atoms with Crippen molar-refractivity contribution in [1.29, 1.82) is 0 Å². The fourth-order valence-corrected chi connectivity index (χ4v) is 4.31. The molecule has 0 aromatic carbocycles. The van der Waals surface area contributed by atoms with Crippen molar-refractivity contribution in [2.45, 2.75) is 33.7 Å². The molecular formula is C21H23N7S. The molecule has 0 saturated carbocycles. The Labute approximate surface area is 172 Å². The first-order chi connectivity index (χ1) is 14.1. The summed E-state index contributed by atoms with van der Waals surface area (Å²) in [5.74, 6) is 0.459. The van der Waals surface area contributed by atoms with E-state index in [0.29, 0.717) is 5.82 Å². The van der Waals surface area contributed by atoms with Gasteiger partial charge < -0.3 is 10.1 Å². The topological polar surface area (TPSA) is 86.9 Å². The molecule has 5 aromatic rings. The van der Waals surface area contributed by atoms with Gasteiger partial charge in [0.05, 0.1) is 33.2 Å². The lowest BCUT2D eigenvalue weighted by atomic mass is 10.1. The number of nitrogens with two attached hydrogens (primary N) is 1. The molecule has 1 unspecified atom stereocenters. The van der Waals surface area contributed by atoms with Crippen molar-refractivity contribution in [2.24, 2.45) is 0 Å². The quantitative estimate of drug-likeness (QED) is 0.469. The van der Waals surface area contributed by atoms with Crippen LogP contribution in [0.4, 0.5) is 5.82 Å². The van der Waals surface area contributed by atoms with Gasteiger partial charge in [-0.1, -0.05) is 19.9 Å². The van der Waals surface area contributed by atoms with Crippen LogP contribution in [0.2, 0.25) is 0 Å². The lowest BCUT2D eigenvalue weighted by molar-refractivity contribution is 0.576. The largest absolute Gasteiger partial charge is 0.383 e.